The Hall–Kier alpha value is -0.340. The third kappa shape index (κ3) is 3.91. The van der Waals surface area contributed by atoms with Gasteiger partial charge in [-0.2, -0.15) is 0 Å². The van der Waals surface area contributed by atoms with E-state index in [2.05, 4.69) is 34.3 Å². The largest absolute Gasteiger partial charge is 0.375 e. The van der Waals surface area contributed by atoms with E-state index in [0.29, 0.717) is 6.61 Å². The molecule has 0 heterocycles. The molecule has 0 N–H and O–H groups in total. The first-order chi connectivity index (χ1) is 7.15. The highest BCUT2D eigenvalue weighted by Crippen LogP contribution is 2.39. The van der Waals surface area contributed by atoms with Crippen LogP contribution in [0.25, 0.3) is 0 Å². The summed E-state index contributed by atoms with van der Waals surface area (Å²) in [4.78, 5) is 0. The van der Waals surface area contributed by atoms with Gasteiger partial charge in [0.1, 0.15) is 0 Å². The van der Waals surface area contributed by atoms with E-state index in [0.717, 1.165) is 12.2 Å². The molecule has 0 saturated heterocycles. The average molecular weight is 228 g/mol. The van der Waals surface area contributed by atoms with Gasteiger partial charge in [0.25, 0.3) is 0 Å². The first kappa shape index (κ1) is 15.7. The van der Waals surface area contributed by atoms with Crippen LogP contribution in [-0.2, 0) is 9.47 Å². The lowest BCUT2D eigenvalue weighted by atomic mass is 9.72. The molecule has 0 unspecified atom stereocenters. The van der Waals surface area contributed by atoms with Crippen LogP contribution in [0.5, 0.6) is 0 Å². The molecular weight excluding hydrogens is 200 g/mol. The second-order valence-corrected chi connectivity index (χ2v) is 5.53. The Morgan fingerprint density at radius 3 is 2.06 bits per heavy atom. The van der Waals surface area contributed by atoms with Crippen molar-refractivity contribution in [3.8, 4) is 0 Å². The quantitative estimate of drug-likeness (QED) is 0.617. The summed E-state index contributed by atoms with van der Waals surface area (Å²) in [5.74, 6) is 0. The molecule has 2 nitrogen and oxygen atoms in total. The highest BCUT2D eigenvalue weighted by molar-refractivity contribution is 5.14. The van der Waals surface area contributed by atoms with Gasteiger partial charge in [0.15, 0.2) is 0 Å². The SMILES string of the molecule is C=C(COC(C)C)C(C)(C)C(C)(C)OCC. The van der Waals surface area contributed by atoms with E-state index in [1.165, 1.54) is 0 Å². The van der Waals surface area contributed by atoms with E-state index < -0.39 is 0 Å². The van der Waals surface area contributed by atoms with Gasteiger partial charge in [0.05, 0.1) is 18.3 Å². The first-order valence-corrected chi connectivity index (χ1v) is 6.09. The molecule has 0 atom stereocenters. The fourth-order valence-corrected chi connectivity index (χ4v) is 1.41. The molecular formula is C14H28O2. The monoisotopic (exact) mass is 228 g/mol. The van der Waals surface area contributed by atoms with E-state index in [4.69, 9.17) is 9.47 Å². The van der Waals surface area contributed by atoms with Crippen molar-refractivity contribution in [3.63, 3.8) is 0 Å². The Morgan fingerprint density at radius 2 is 1.69 bits per heavy atom. The van der Waals surface area contributed by atoms with Crippen LogP contribution in [0.2, 0.25) is 0 Å². The van der Waals surface area contributed by atoms with Crippen molar-refractivity contribution in [3.05, 3.63) is 12.2 Å². The van der Waals surface area contributed by atoms with Gasteiger partial charge in [-0.05, 0) is 40.2 Å². The van der Waals surface area contributed by atoms with Crippen molar-refractivity contribution >= 4 is 0 Å². The zero-order valence-corrected chi connectivity index (χ0v) is 12.0. The normalized spacial score (nSPS) is 13.2. The summed E-state index contributed by atoms with van der Waals surface area (Å²) in [6.45, 7) is 20.1. The van der Waals surface area contributed by atoms with Gasteiger partial charge < -0.3 is 9.47 Å². The number of rotatable bonds is 7. The minimum atomic E-state index is -0.223. The lowest BCUT2D eigenvalue weighted by Crippen LogP contribution is -2.43. The van der Waals surface area contributed by atoms with Crippen LogP contribution >= 0.6 is 0 Å². The summed E-state index contributed by atoms with van der Waals surface area (Å²) in [5, 5.41) is 0. The number of hydrogen-bond donors (Lipinski definition) is 0. The van der Waals surface area contributed by atoms with Gasteiger partial charge in [-0.1, -0.05) is 20.4 Å². The van der Waals surface area contributed by atoms with Crippen LogP contribution in [0, 0.1) is 5.41 Å². The van der Waals surface area contributed by atoms with Crippen LogP contribution in [-0.4, -0.2) is 24.9 Å². The second kappa shape index (κ2) is 5.83. The molecule has 0 aromatic heterocycles. The van der Waals surface area contributed by atoms with Crippen molar-refractivity contribution in [2.45, 2.75) is 60.2 Å². The fraction of sp³-hybridized carbons (Fsp3) is 0.857. The Bertz CT molecular complexity index is 227. The summed E-state index contributed by atoms with van der Waals surface area (Å²) < 4.78 is 11.4. The molecule has 0 aliphatic carbocycles. The summed E-state index contributed by atoms with van der Waals surface area (Å²) >= 11 is 0. The Morgan fingerprint density at radius 1 is 1.19 bits per heavy atom. The van der Waals surface area contributed by atoms with Gasteiger partial charge in [-0.25, -0.2) is 0 Å². The summed E-state index contributed by atoms with van der Waals surface area (Å²) in [5.41, 5.74) is 0.761. The minimum absolute atomic E-state index is 0.0993. The maximum absolute atomic E-state index is 5.81. The van der Waals surface area contributed by atoms with Gasteiger partial charge >= 0.3 is 0 Å². The number of ether oxygens (including phenoxy) is 2. The minimum Gasteiger partial charge on any atom is -0.375 e. The zero-order chi connectivity index (χ0) is 13.0. The maximum atomic E-state index is 5.81. The lowest BCUT2D eigenvalue weighted by molar-refractivity contribution is -0.0825. The third-order valence-corrected chi connectivity index (χ3v) is 3.49. The third-order valence-electron chi connectivity index (χ3n) is 3.49. The fourth-order valence-electron chi connectivity index (χ4n) is 1.41. The molecule has 0 spiro atoms. The van der Waals surface area contributed by atoms with E-state index in [1.54, 1.807) is 0 Å². The van der Waals surface area contributed by atoms with Crippen LogP contribution < -0.4 is 0 Å². The van der Waals surface area contributed by atoms with Crippen LogP contribution in [0.3, 0.4) is 0 Å². The predicted octanol–water partition coefficient (Wildman–Crippen LogP) is 3.81. The smallest absolute Gasteiger partial charge is 0.0714 e. The van der Waals surface area contributed by atoms with E-state index >= 15 is 0 Å². The molecule has 0 aliphatic rings. The van der Waals surface area contributed by atoms with Crippen molar-refractivity contribution in [2.24, 2.45) is 5.41 Å². The first-order valence-electron chi connectivity index (χ1n) is 6.09. The number of hydrogen-bond acceptors (Lipinski definition) is 2. The molecule has 16 heavy (non-hydrogen) atoms. The zero-order valence-electron chi connectivity index (χ0n) is 12.0. The van der Waals surface area contributed by atoms with Crippen LogP contribution in [0.4, 0.5) is 0 Å². The van der Waals surface area contributed by atoms with Gasteiger partial charge in [-0.3, -0.25) is 0 Å². The molecule has 96 valence electrons. The van der Waals surface area contributed by atoms with E-state index in [9.17, 15) is 0 Å². The highest BCUT2D eigenvalue weighted by atomic mass is 16.5. The Balaban J connectivity index is 4.57. The lowest BCUT2D eigenvalue weighted by Gasteiger charge is -2.42. The summed E-state index contributed by atoms with van der Waals surface area (Å²) in [6.07, 6.45) is 0.239. The van der Waals surface area contributed by atoms with Crippen molar-refractivity contribution in [1.29, 1.82) is 0 Å². The molecule has 0 amide bonds. The van der Waals surface area contributed by atoms with Crippen molar-refractivity contribution in [1.82, 2.24) is 0 Å². The predicted molar refractivity (Wildman–Crippen MR) is 69.7 cm³/mol. The average Bonchev–Trinajstić information content (AvgIpc) is 2.13. The van der Waals surface area contributed by atoms with E-state index in [-0.39, 0.29) is 17.1 Å². The molecule has 2 heteroatoms. The van der Waals surface area contributed by atoms with Gasteiger partial charge in [0.2, 0.25) is 0 Å². The van der Waals surface area contributed by atoms with Crippen molar-refractivity contribution < 1.29 is 9.47 Å². The molecule has 0 fully saturated rings. The van der Waals surface area contributed by atoms with Crippen LogP contribution in [0.15, 0.2) is 12.2 Å². The molecule has 0 rings (SSSR count). The summed E-state index contributed by atoms with van der Waals surface area (Å²) in [6, 6.07) is 0. The maximum Gasteiger partial charge on any atom is 0.0714 e. The van der Waals surface area contributed by atoms with Gasteiger partial charge in [0, 0.05) is 12.0 Å². The molecule has 0 aromatic rings. The molecule has 0 bridgehead atoms. The van der Waals surface area contributed by atoms with Crippen LogP contribution in [0.1, 0.15) is 48.5 Å². The second-order valence-electron chi connectivity index (χ2n) is 5.53. The highest BCUT2D eigenvalue weighted by Gasteiger charge is 2.39. The Kier molecular flexibility index (Phi) is 5.71. The van der Waals surface area contributed by atoms with E-state index in [1.807, 2.05) is 20.8 Å². The standard InChI is InChI=1S/C14H28O2/c1-9-16-14(7,8)13(5,6)12(4)10-15-11(2)3/h11H,4,9-10H2,1-3,5-8H3. The van der Waals surface area contributed by atoms with Gasteiger partial charge in [-0.15, -0.1) is 0 Å². The summed E-state index contributed by atoms with van der Waals surface area (Å²) in [7, 11) is 0. The molecule has 0 radical (unpaired) electrons. The molecule has 0 aliphatic heterocycles. The van der Waals surface area contributed by atoms with Crippen molar-refractivity contribution in [2.75, 3.05) is 13.2 Å². The topological polar surface area (TPSA) is 18.5 Å². The Labute approximate surface area is 101 Å². The molecule has 0 aromatic carbocycles. The molecule has 0 saturated carbocycles.